The minimum atomic E-state index is 0.748. The normalized spacial score (nSPS) is 10.9. The van der Waals surface area contributed by atoms with Crippen molar-refractivity contribution in [3.63, 3.8) is 0 Å². The molecule has 0 bridgehead atoms. The molecule has 0 aliphatic rings. The number of nitrogens with two attached hydrogens (primary N) is 1. The molecule has 0 unspecified atom stereocenters. The first-order valence-corrected chi connectivity index (χ1v) is 6.52. The minimum absolute atomic E-state index is 0.748. The highest BCUT2D eigenvalue weighted by molar-refractivity contribution is 7.99. The van der Waals surface area contributed by atoms with Gasteiger partial charge in [0.1, 0.15) is 0 Å². The zero-order valence-electron chi connectivity index (χ0n) is 9.97. The second-order valence-electron chi connectivity index (χ2n) is 4.24. The Hall–Kier alpha value is -1.94. The lowest BCUT2D eigenvalue weighted by atomic mass is 10.2. The molecule has 2 aromatic carbocycles. The standard InChI is InChI=1S/C14H13N3S/c1-9-3-2-4-11(7-9)18-14-16-12-6-5-10(15)8-13(12)17-14/h2-8H,15H2,1H3,(H,16,17). The van der Waals surface area contributed by atoms with Crippen molar-refractivity contribution in [2.24, 2.45) is 0 Å². The van der Waals surface area contributed by atoms with Crippen molar-refractivity contribution in [1.82, 2.24) is 9.97 Å². The van der Waals surface area contributed by atoms with Gasteiger partial charge in [0, 0.05) is 10.6 Å². The zero-order chi connectivity index (χ0) is 12.5. The van der Waals surface area contributed by atoms with Gasteiger partial charge in [0.15, 0.2) is 5.16 Å². The summed E-state index contributed by atoms with van der Waals surface area (Å²) in [4.78, 5) is 8.99. The van der Waals surface area contributed by atoms with E-state index in [2.05, 4.69) is 41.2 Å². The average molecular weight is 255 g/mol. The molecule has 0 saturated heterocycles. The van der Waals surface area contributed by atoms with E-state index in [9.17, 15) is 0 Å². The van der Waals surface area contributed by atoms with Crippen LogP contribution in [0.1, 0.15) is 5.56 Å². The summed E-state index contributed by atoms with van der Waals surface area (Å²) < 4.78 is 0. The van der Waals surface area contributed by atoms with Gasteiger partial charge in [-0.3, -0.25) is 0 Å². The number of aromatic amines is 1. The van der Waals surface area contributed by atoms with E-state index in [1.807, 2.05) is 18.2 Å². The Kier molecular flexibility index (Phi) is 2.72. The van der Waals surface area contributed by atoms with Crippen LogP contribution >= 0.6 is 11.8 Å². The summed E-state index contributed by atoms with van der Waals surface area (Å²) in [6.45, 7) is 2.09. The summed E-state index contributed by atoms with van der Waals surface area (Å²) in [5, 5.41) is 0.890. The first-order chi connectivity index (χ1) is 8.70. The molecule has 18 heavy (non-hydrogen) atoms. The second kappa shape index (κ2) is 4.38. The Morgan fingerprint density at radius 1 is 1.17 bits per heavy atom. The molecule has 1 heterocycles. The summed E-state index contributed by atoms with van der Waals surface area (Å²) in [5.41, 5.74) is 9.67. The summed E-state index contributed by atoms with van der Waals surface area (Å²) >= 11 is 1.63. The van der Waals surface area contributed by atoms with Gasteiger partial charge in [0.2, 0.25) is 0 Å². The smallest absolute Gasteiger partial charge is 0.171 e. The number of hydrogen-bond donors (Lipinski definition) is 2. The van der Waals surface area contributed by atoms with Gasteiger partial charge in [-0.05, 0) is 37.3 Å². The molecule has 0 amide bonds. The lowest BCUT2D eigenvalue weighted by Gasteiger charge is -1.98. The van der Waals surface area contributed by atoms with E-state index in [0.717, 1.165) is 21.9 Å². The summed E-state index contributed by atoms with van der Waals surface area (Å²) in [7, 11) is 0. The first-order valence-electron chi connectivity index (χ1n) is 5.70. The molecule has 0 aliphatic carbocycles. The molecule has 0 radical (unpaired) electrons. The number of rotatable bonds is 2. The minimum Gasteiger partial charge on any atom is -0.399 e. The number of benzene rings is 2. The van der Waals surface area contributed by atoms with Gasteiger partial charge in [-0.2, -0.15) is 0 Å². The van der Waals surface area contributed by atoms with Crippen LogP contribution in [0.4, 0.5) is 5.69 Å². The van der Waals surface area contributed by atoms with Crippen LogP contribution in [0.5, 0.6) is 0 Å². The van der Waals surface area contributed by atoms with Gasteiger partial charge in [-0.15, -0.1) is 0 Å². The molecule has 3 aromatic rings. The lowest BCUT2D eigenvalue weighted by molar-refractivity contribution is 1.08. The molecule has 3 N–H and O–H groups in total. The monoisotopic (exact) mass is 255 g/mol. The number of aromatic nitrogens is 2. The van der Waals surface area contributed by atoms with Crippen molar-refractivity contribution in [2.75, 3.05) is 5.73 Å². The van der Waals surface area contributed by atoms with Gasteiger partial charge in [-0.1, -0.05) is 29.5 Å². The van der Waals surface area contributed by atoms with Gasteiger partial charge in [0.05, 0.1) is 11.0 Å². The number of nitrogens with one attached hydrogen (secondary N) is 1. The molecule has 90 valence electrons. The number of nitrogen functional groups attached to an aromatic ring is 1. The van der Waals surface area contributed by atoms with Gasteiger partial charge < -0.3 is 10.7 Å². The van der Waals surface area contributed by atoms with Crippen LogP contribution in [0.15, 0.2) is 52.5 Å². The predicted octanol–water partition coefficient (Wildman–Crippen LogP) is 3.60. The van der Waals surface area contributed by atoms with E-state index in [0.29, 0.717) is 0 Å². The van der Waals surface area contributed by atoms with Crippen molar-refractivity contribution in [3.8, 4) is 0 Å². The number of hydrogen-bond acceptors (Lipinski definition) is 3. The van der Waals surface area contributed by atoms with E-state index in [4.69, 9.17) is 5.73 Å². The van der Waals surface area contributed by atoms with E-state index in [1.54, 1.807) is 11.8 Å². The molecule has 4 heteroatoms. The van der Waals surface area contributed by atoms with Crippen molar-refractivity contribution in [2.45, 2.75) is 17.0 Å². The largest absolute Gasteiger partial charge is 0.399 e. The summed E-state index contributed by atoms with van der Waals surface area (Å²) in [6.07, 6.45) is 0. The quantitative estimate of drug-likeness (QED) is 0.688. The Bertz CT molecular complexity index is 703. The second-order valence-corrected chi connectivity index (χ2v) is 5.30. The molecular formula is C14H13N3S. The highest BCUT2D eigenvalue weighted by atomic mass is 32.2. The van der Waals surface area contributed by atoms with Crippen molar-refractivity contribution >= 4 is 28.5 Å². The number of aryl methyl sites for hydroxylation is 1. The third-order valence-electron chi connectivity index (χ3n) is 2.69. The fraction of sp³-hybridized carbons (Fsp3) is 0.0714. The van der Waals surface area contributed by atoms with E-state index < -0.39 is 0 Å². The number of anilines is 1. The van der Waals surface area contributed by atoms with E-state index in [-0.39, 0.29) is 0 Å². The Balaban J connectivity index is 1.95. The van der Waals surface area contributed by atoms with Crippen LogP contribution < -0.4 is 5.73 Å². The van der Waals surface area contributed by atoms with Gasteiger partial charge in [0.25, 0.3) is 0 Å². The Labute approximate surface area is 109 Å². The van der Waals surface area contributed by atoms with Crippen molar-refractivity contribution in [3.05, 3.63) is 48.0 Å². The molecule has 1 aromatic heterocycles. The third kappa shape index (κ3) is 2.19. The van der Waals surface area contributed by atoms with E-state index >= 15 is 0 Å². The maximum absolute atomic E-state index is 5.75. The van der Waals surface area contributed by atoms with Crippen molar-refractivity contribution < 1.29 is 0 Å². The molecule has 0 saturated carbocycles. The van der Waals surface area contributed by atoms with Crippen LogP contribution in [0.3, 0.4) is 0 Å². The number of imidazole rings is 1. The Morgan fingerprint density at radius 3 is 2.89 bits per heavy atom. The van der Waals surface area contributed by atoms with Gasteiger partial charge >= 0.3 is 0 Å². The van der Waals surface area contributed by atoms with Gasteiger partial charge in [-0.25, -0.2) is 4.98 Å². The topological polar surface area (TPSA) is 54.7 Å². The highest BCUT2D eigenvalue weighted by Gasteiger charge is 2.04. The number of fused-ring (bicyclic) bond motifs is 1. The SMILES string of the molecule is Cc1cccc(Sc2nc3ccc(N)cc3[nH]2)c1. The van der Waals surface area contributed by atoms with Crippen LogP contribution in [-0.2, 0) is 0 Å². The predicted molar refractivity (Wildman–Crippen MR) is 75.8 cm³/mol. The maximum atomic E-state index is 5.75. The lowest BCUT2D eigenvalue weighted by Crippen LogP contribution is -1.82. The summed E-state index contributed by atoms with van der Waals surface area (Å²) in [5.74, 6) is 0. The molecule has 0 aliphatic heterocycles. The van der Waals surface area contributed by atoms with Crippen LogP contribution in [0.2, 0.25) is 0 Å². The fourth-order valence-corrected chi connectivity index (χ4v) is 2.76. The third-order valence-corrected chi connectivity index (χ3v) is 3.56. The molecule has 3 rings (SSSR count). The first kappa shape index (κ1) is 11.2. The maximum Gasteiger partial charge on any atom is 0.171 e. The highest BCUT2D eigenvalue weighted by Crippen LogP contribution is 2.28. The molecular weight excluding hydrogens is 242 g/mol. The molecule has 3 nitrogen and oxygen atoms in total. The average Bonchev–Trinajstić information content (AvgIpc) is 2.70. The van der Waals surface area contributed by atoms with Crippen LogP contribution in [-0.4, -0.2) is 9.97 Å². The van der Waals surface area contributed by atoms with Crippen molar-refractivity contribution in [1.29, 1.82) is 0 Å². The van der Waals surface area contributed by atoms with Crippen LogP contribution in [0, 0.1) is 6.92 Å². The zero-order valence-corrected chi connectivity index (χ0v) is 10.8. The molecule has 0 spiro atoms. The molecule has 0 fully saturated rings. The van der Waals surface area contributed by atoms with Crippen LogP contribution in [0.25, 0.3) is 11.0 Å². The number of H-pyrrole nitrogens is 1. The fourth-order valence-electron chi connectivity index (χ4n) is 1.84. The molecule has 0 atom stereocenters. The summed E-state index contributed by atoms with van der Waals surface area (Å²) in [6, 6.07) is 14.1. The van der Waals surface area contributed by atoms with E-state index in [1.165, 1.54) is 10.5 Å². The number of nitrogens with zero attached hydrogens (tertiary/aromatic N) is 1. The Morgan fingerprint density at radius 2 is 2.06 bits per heavy atom.